The summed E-state index contributed by atoms with van der Waals surface area (Å²) in [6, 6.07) is 0.0528. The van der Waals surface area contributed by atoms with E-state index in [0.717, 1.165) is 38.3 Å². The zero-order valence-corrected chi connectivity index (χ0v) is 10.6. The summed E-state index contributed by atoms with van der Waals surface area (Å²) in [5, 5.41) is 0. The molecular formula is C13H18N4O. The van der Waals surface area contributed by atoms with Gasteiger partial charge >= 0.3 is 0 Å². The Morgan fingerprint density at radius 1 is 1.56 bits per heavy atom. The second kappa shape index (κ2) is 5.58. The van der Waals surface area contributed by atoms with Gasteiger partial charge in [-0.25, -0.2) is 0 Å². The molecule has 1 atom stereocenters. The Morgan fingerprint density at radius 2 is 2.39 bits per heavy atom. The summed E-state index contributed by atoms with van der Waals surface area (Å²) in [6.07, 6.45) is 5.28. The largest absolute Gasteiger partial charge is 0.403 e. The van der Waals surface area contributed by atoms with Gasteiger partial charge in [0.25, 0.3) is 5.91 Å². The minimum absolute atomic E-state index is 0.0528. The van der Waals surface area contributed by atoms with Gasteiger partial charge < -0.3 is 15.5 Å². The van der Waals surface area contributed by atoms with E-state index in [0.29, 0.717) is 0 Å². The molecule has 0 aliphatic carbocycles. The van der Waals surface area contributed by atoms with Gasteiger partial charge in [-0.05, 0) is 25.7 Å². The van der Waals surface area contributed by atoms with Gasteiger partial charge in [-0.15, -0.1) is 0 Å². The van der Waals surface area contributed by atoms with Gasteiger partial charge in [-0.3, -0.25) is 9.79 Å². The van der Waals surface area contributed by atoms with E-state index in [9.17, 15) is 4.79 Å². The SMILES string of the molecule is CC#CC(=O)N1CCC[C@H]1C1=NCCN1/C=C\N. The van der Waals surface area contributed by atoms with E-state index in [-0.39, 0.29) is 11.9 Å². The zero-order chi connectivity index (χ0) is 13.0. The summed E-state index contributed by atoms with van der Waals surface area (Å²) < 4.78 is 0. The maximum Gasteiger partial charge on any atom is 0.299 e. The molecule has 1 fully saturated rings. The van der Waals surface area contributed by atoms with Crippen LogP contribution in [0.15, 0.2) is 17.4 Å². The van der Waals surface area contributed by atoms with Crippen LogP contribution in [0, 0.1) is 11.8 Å². The second-order valence-corrected chi connectivity index (χ2v) is 4.31. The summed E-state index contributed by atoms with van der Waals surface area (Å²) in [7, 11) is 0. The number of hydrogen-bond acceptors (Lipinski definition) is 4. The molecule has 1 saturated heterocycles. The highest BCUT2D eigenvalue weighted by Crippen LogP contribution is 2.22. The molecule has 0 aromatic heterocycles. The summed E-state index contributed by atoms with van der Waals surface area (Å²) in [5.74, 6) is 6.11. The molecule has 2 aliphatic heterocycles. The summed E-state index contributed by atoms with van der Waals surface area (Å²) in [5.41, 5.74) is 5.43. The van der Waals surface area contributed by atoms with Crippen molar-refractivity contribution in [2.45, 2.75) is 25.8 Å². The molecule has 2 aliphatic rings. The van der Waals surface area contributed by atoms with Gasteiger partial charge in [0.15, 0.2) is 0 Å². The Bertz CT molecular complexity index is 444. The van der Waals surface area contributed by atoms with E-state index in [1.165, 1.54) is 6.20 Å². The van der Waals surface area contributed by atoms with Crippen LogP contribution in [0.1, 0.15) is 19.8 Å². The quantitative estimate of drug-likeness (QED) is 0.705. The highest BCUT2D eigenvalue weighted by Gasteiger charge is 2.35. The van der Waals surface area contributed by atoms with Crippen molar-refractivity contribution >= 4 is 11.7 Å². The number of carbonyl (C=O) groups is 1. The first-order valence-electron chi connectivity index (χ1n) is 6.20. The third-order valence-corrected chi connectivity index (χ3v) is 3.22. The first kappa shape index (κ1) is 12.5. The molecule has 0 spiro atoms. The number of aliphatic imine (C=N–C) groups is 1. The zero-order valence-electron chi connectivity index (χ0n) is 10.6. The van der Waals surface area contributed by atoms with Crippen LogP contribution in [0.3, 0.4) is 0 Å². The first-order chi connectivity index (χ1) is 8.77. The van der Waals surface area contributed by atoms with E-state index in [4.69, 9.17) is 5.73 Å². The number of hydrogen-bond donors (Lipinski definition) is 1. The van der Waals surface area contributed by atoms with Crippen molar-refractivity contribution in [2.24, 2.45) is 10.7 Å². The monoisotopic (exact) mass is 246 g/mol. The molecule has 0 aromatic carbocycles. The molecule has 18 heavy (non-hydrogen) atoms. The topological polar surface area (TPSA) is 61.9 Å². The first-order valence-corrected chi connectivity index (χ1v) is 6.20. The van der Waals surface area contributed by atoms with E-state index in [1.54, 1.807) is 6.92 Å². The predicted molar refractivity (Wildman–Crippen MR) is 70.5 cm³/mol. The Balaban J connectivity index is 2.16. The standard InChI is InChI=1S/C13H18N4O/c1-2-4-12(18)17-8-3-5-11(17)13-15-7-10-16(13)9-6-14/h6,9,11H,3,5,7-8,10,14H2,1H3/b9-6-/t11-/m0/s1. The van der Waals surface area contributed by atoms with Crippen LogP contribution in [0.2, 0.25) is 0 Å². The number of amides is 1. The molecule has 0 bridgehead atoms. The maximum absolute atomic E-state index is 11.9. The lowest BCUT2D eigenvalue weighted by Gasteiger charge is -2.27. The molecule has 5 nitrogen and oxygen atoms in total. The van der Waals surface area contributed by atoms with E-state index in [2.05, 4.69) is 16.8 Å². The van der Waals surface area contributed by atoms with Crippen LogP contribution in [0.25, 0.3) is 0 Å². The van der Waals surface area contributed by atoms with Crippen LogP contribution < -0.4 is 5.73 Å². The van der Waals surface area contributed by atoms with Crippen molar-refractivity contribution in [3.63, 3.8) is 0 Å². The fourth-order valence-electron chi connectivity index (χ4n) is 2.49. The third kappa shape index (κ3) is 2.33. The lowest BCUT2D eigenvalue weighted by atomic mass is 10.2. The average Bonchev–Trinajstić information content (AvgIpc) is 2.96. The van der Waals surface area contributed by atoms with Crippen molar-refractivity contribution in [3.8, 4) is 11.8 Å². The number of amidine groups is 1. The predicted octanol–water partition coefficient (Wildman–Crippen LogP) is 0.145. The van der Waals surface area contributed by atoms with E-state index in [1.807, 2.05) is 16.0 Å². The second-order valence-electron chi connectivity index (χ2n) is 4.31. The minimum Gasteiger partial charge on any atom is -0.403 e. The summed E-state index contributed by atoms with van der Waals surface area (Å²) in [4.78, 5) is 20.3. The molecule has 2 rings (SSSR count). The highest BCUT2D eigenvalue weighted by atomic mass is 16.2. The molecule has 5 heteroatoms. The van der Waals surface area contributed by atoms with E-state index >= 15 is 0 Å². The number of likely N-dealkylation sites (tertiary alicyclic amines) is 1. The molecular weight excluding hydrogens is 228 g/mol. The molecule has 2 heterocycles. The summed E-state index contributed by atoms with van der Waals surface area (Å²) in [6.45, 7) is 4.04. The molecule has 1 amide bonds. The number of nitrogens with two attached hydrogens (primary N) is 1. The number of rotatable bonds is 2. The summed E-state index contributed by atoms with van der Waals surface area (Å²) >= 11 is 0. The Labute approximate surface area is 107 Å². The van der Waals surface area contributed by atoms with Crippen molar-refractivity contribution in [2.75, 3.05) is 19.6 Å². The number of carbonyl (C=O) groups excluding carboxylic acids is 1. The fraction of sp³-hybridized carbons (Fsp3) is 0.538. The van der Waals surface area contributed by atoms with Crippen molar-refractivity contribution in [1.82, 2.24) is 9.80 Å². The molecule has 0 saturated carbocycles. The van der Waals surface area contributed by atoms with Crippen LogP contribution in [-0.4, -0.2) is 47.2 Å². The Hall–Kier alpha value is -1.96. The maximum atomic E-state index is 11.9. The van der Waals surface area contributed by atoms with E-state index < -0.39 is 0 Å². The fourth-order valence-corrected chi connectivity index (χ4v) is 2.49. The number of nitrogens with zero attached hydrogens (tertiary/aromatic N) is 3. The van der Waals surface area contributed by atoms with Gasteiger partial charge in [0.1, 0.15) is 5.84 Å². The van der Waals surface area contributed by atoms with Crippen LogP contribution in [-0.2, 0) is 4.79 Å². The minimum atomic E-state index is -0.105. The van der Waals surface area contributed by atoms with Crippen LogP contribution in [0.4, 0.5) is 0 Å². The molecule has 0 aromatic rings. The van der Waals surface area contributed by atoms with Gasteiger partial charge in [0, 0.05) is 25.5 Å². The lowest BCUT2D eigenvalue weighted by Crippen LogP contribution is -2.44. The van der Waals surface area contributed by atoms with Gasteiger partial charge in [-0.2, -0.15) is 0 Å². The van der Waals surface area contributed by atoms with Gasteiger partial charge in [-0.1, -0.05) is 5.92 Å². The molecule has 0 radical (unpaired) electrons. The van der Waals surface area contributed by atoms with Crippen molar-refractivity contribution in [3.05, 3.63) is 12.4 Å². The lowest BCUT2D eigenvalue weighted by molar-refractivity contribution is -0.124. The van der Waals surface area contributed by atoms with Crippen LogP contribution >= 0.6 is 0 Å². The average molecular weight is 246 g/mol. The molecule has 2 N–H and O–H groups in total. The highest BCUT2D eigenvalue weighted by molar-refractivity contribution is 5.99. The molecule has 96 valence electrons. The third-order valence-electron chi connectivity index (χ3n) is 3.22. The van der Waals surface area contributed by atoms with Gasteiger partial charge in [0.05, 0.1) is 12.6 Å². The van der Waals surface area contributed by atoms with Crippen LogP contribution in [0.5, 0.6) is 0 Å². The van der Waals surface area contributed by atoms with Crippen molar-refractivity contribution < 1.29 is 4.79 Å². The Kier molecular flexibility index (Phi) is 3.88. The molecule has 0 unspecified atom stereocenters. The Morgan fingerprint density at radius 3 is 3.11 bits per heavy atom. The van der Waals surface area contributed by atoms with Crippen molar-refractivity contribution in [1.29, 1.82) is 0 Å². The smallest absolute Gasteiger partial charge is 0.299 e. The normalized spacial score (nSPS) is 23.2. The van der Waals surface area contributed by atoms with Gasteiger partial charge in [0.2, 0.25) is 0 Å².